The Kier molecular flexibility index (Phi) is 7.12. The van der Waals surface area contributed by atoms with Crippen molar-refractivity contribution in [3.8, 4) is 0 Å². The maximum atomic E-state index is 11.8. The molecule has 0 bridgehead atoms. The summed E-state index contributed by atoms with van der Waals surface area (Å²) >= 11 is 0. The van der Waals surface area contributed by atoms with Crippen molar-refractivity contribution in [1.29, 1.82) is 0 Å². The minimum Gasteiger partial charge on any atom is -0.468 e. The summed E-state index contributed by atoms with van der Waals surface area (Å²) in [5.41, 5.74) is 0. The third-order valence-electron chi connectivity index (χ3n) is 4.70. The van der Waals surface area contributed by atoms with E-state index in [0.29, 0.717) is 12.5 Å². The van der Waals surface area contributed by atoms with Crippen LogP contribution in [0.4, 0.5) is 0 Å². The van der Waals surface area contributed by atoms with Gasteiger partial charge in [-0.25, -0.2) is 0 Å². The van der Waals surface area contributed by atoms with E-state index >= 15 is 0 Å². The monoisotopic (exact) mass is 311 g/mol. The Bertz CT molecular complexity index is 370. The predicted molar refractivity (Wildman–Crippen MR) is 84.5 cm³/mol. The second-order valence-corrected chi connectivity index (χ2v) is 6.30. The van der Waals surface area contributed by atoms with E-state index < -0.39 is 5.97 Å². The van der Waals surface area contributed by atoms with E-state index in [-0.39, 0.29) is 12.5 Å². The lowest BCUT2D eigenvalue weighted by molar-refractivity contribution is -0.141. The molecule has 1 N–H and O–H groups in total. The number of hydrogen-bond acceptors (Lipinski definition) is 5. The van der Waals surface area contributed by atoms with Crippen LogP contribution in [0, 0.1) is 0 Å². The summed E-state index contributed by atoms with van der Waals surface area (Å²) in [5.74, 6) is -0.480. The van der Waals surface area contributed by atoms with Crippen LogP contribution < -0.4 is 5.32 Å². The fourth-order valence-corrected chi connectivity index (χ4v) is 3.41. The molecule has 6 heteroatoms. The third-order valence-corrected chi connectivity index (χ3v) is 4.70. The summed E-state index contributed by atoms with van der Waals surface area (Å²) in [4.78, 5) is 27.8. The Labute approximate surface area is 133 Å². The van der Waals surface area contributed by atoms with Crippen molar-refractivity contribution in [3.63, 3.8) is 0 Å². The van der Waals surface area contributed by atoms with Gasteiger partial charge in [0.25, 0.3) is 0 Å². The van der Waals surface area contributed by atoms with Crippen LogP contribution in [0.1, 0.15) is 38.5 Å². The molecule has 2 heterocycles. The fraction of sp³-hybridized carbons (Fsp3) is 0.875. The highest BCUT2D eigenvalue weighted by Crippen LogP contribution is 2.20. The first-order valence-corrected chi connectivity index (χ1v) is 8.49. The van der Waals surface area contributed by atoms with Gasteiger partial charge in [0, 0.05) is 25.6 Å². The minimum atomic E-state index is -0.405. The lowest BCUT2D eigenvalue weighted by Crippen LogP contribution is -2.43. The van der Waals surface area contributed by atoms with Crippen molar-refractivity contribution in [2.75, 3.05) is 46.4 Å². The zero-order chi connectivity index (χ0) is 15.8. The number of carbonyl (C=O) groups is 2. The lowest BCUT2D eigenvalue weighted by Gasteiger charge is -2.32. The largest absolute Gasteiger partial charge is 0.468 e. The molecule has 0 saturated carbocycles. The number of hydrogen-bond donors (Lipinski definition) is 1. The number of esters is 1. The number of methoxy groups -OCH3 is 1. The molecular formula is C16H29N3O3. The number of rotatable bonds is 7. The van der Waals surface area contributed by atoms with Crippen molar-refractivity contribution in [1.82, 2.24) is 15.1 Å². The molecule has 0 aromatic rings. The Morgan fingerprint density at radius 1 is 1.14 bits per heavy atom. The SMILES string of the molecule is COC(=O)CNC(=O)CCN1CCCC1CN1CCCCC1. The van der Waals surface area contributed by atoms with E-state index in [4.69, 9.17) is 0 Å². The van der Waals surface area contributed by atoms with Gasteiger partial charge in [-0.15, -0.1) is 0 Å². The van der Waals surface area contributed by atoms with Gasteiger partial charge in [0.05, 0.1) is 7.11 Å². The summed E-state index contributed by atoms with van der Waals surface area (Å²) in [6.45, 7) is 5.43. The first-order chi connectivity index (χ1) is 10.7. The number of amides is 1. The highest BCUT2D eigenvalue weighted by atomic mass is 16.5. The molecule has 0 aliphatic carbocycles. The molecule has 2 aliphatic heterocycles. The Morgan fingerprint density at radius 3 is 2.64 bits per heavy atom. The second kappa shape index (κ2) is 9.10. The van der Waals surface area contributed by atoms with Crippen LogP contribution in [-0.4, -0.2) is 74.1 Å². The minimum absolute atomic E-state index is 0.0352. The summed E-state index contributed by atoms with van der Waals surface area (Å²) in [7, 11) is 1.32. The number of piperidine rings is 1. The van der Waals surface area contributed by atoms with Crippen molar-refractivity contribution >= 4 is 11.9 Å². The molecule has 0 aromatic carbocycles. The van der Waals surface area contributed by atoms with Crippen LogP contribution in [0.3, 0.4) is 0 Å². The van der Waals surface area contributed by atoms with Gasteiger partial charge in [0.15, 0.2) is 0 Å². The van der Waals surface area contributed by atoms with E-state index in [9.17, 15) is 9.59 Å². The van der Waals surface area contributed by atoms with Crippen LogP contribution in [0.25, 0.3) is 0 Å². The molecule has 0 aromatic heterocycles. The first-order valence-electron chi connectivity index (χ1n) is 8.49. The van der Waals surface area contributed by atoms with E-state index in [0.717, 1.165) is 19.6 Å². The topological polar surface area (TPSA) is 61.9 Å². The van der Waals surface area contributed by atoms with Crippen LogP contribution in [0.15, 0.2) is 0 Å². The Hall–Kier alpha value is -1.14. The number of nitrogens with one attached hydrogen (secondary N) is 1. The molecule has 0 spiro atoms. The normalized spacial score (nSPS) is 23.4. The molecule has 0 radical (unpaired) electrons. The summed E-state index contributed by atoms with van der Waals surface area (Å²) in [6, 6.07) is 0.589. The molecule has 1 unspecified atom stereocenters. The molecule has 2 rings (SSSR count). The maximum absolute atomic E-state index is 11.8. The summed E-state index contributed by atoms with van der Waals surface area (Å²) < 4.78 is 4.51. The van der Waals surface area contributed by atoms with Gasteiger partial charge in [-0.3, -0.25) is 14.5 Å². The van der Waals surface area contributed by atoms with Gasteiger partial charge in [-0.2, -0.15) is 0 Å². The van der Waals surface area contributed by atoms with Gasteiger partial charge < -0.3 is 15.0 Å². The highest BCUT2D eigenvalue weighted by Gasteiger charge is 2.27. The maximum Gasteiger partial charge on any atom is 0.325 e. The number of carbonyl (C=O) groups excluding carboxylic acids is 2. The van der Waals surface area contributed by atoms with E-state index in [1.165, 1.54) is 52.3 Å². The van der Waals surface area contributed by atoms with Gasteiger partial charge in [0.1, 0.15) is 6.54 Å². The van der Waals surface area contributed by atoms with E-state index in [1.54, 1.807) is 0 Å². The molecule has 2 aliphatic rings. The van der Waals surface area contributed by atoms with Gasteiger partial charge in [0.2, 0.25) is 5.91 Å². The van der Waals surface area contributed by atoms with E-state index in [2.05, 4.69) is 19.9 Å². The summed E-state index contributed by atoms with van der Waals surface area (Å²) in [6.07, 6.45) is 6.92. The van der Waals surface area contributed by atoms with Crippen molar-refractivity contribution in [3.05, 3.63) is 0 Å². The molecule has 1 atom stereocenters. The number of ether oxygens (including phenoxy) is 1. The lowest BCUT2D eigenvalue weighted by atomic mass is 10.1. The average Bonchev–Trinajstić information content (AvgIpc) is 2.98. The molecule has 1 amide bonds. The molecule has 6 nitrogen and oxygen atoms in total. The van der Waals surface area contributed by atoms with Crippen LogP contribution in [0.5, 0.6) is 0 Å². The van der Waals surface area contributed by atoms with Gasteiger partial charge in [-0.05, 0) is 45.3 Å². The zero-order valence-corrected chi connectivity index (χ0v) is 13.7. The zero-order valence-electron chi connectivity index (χ0n) is 13.7. The summed E-state index contributed by atoms with van der Waals surface area (Å²) in [5, 5.41) is 2.60. The Morgan fingerprint density at radius 2 is 1.91 bits per heavy atom. The molecule has 126 valence electrons. The van der Waals surface area contributed by atoms with Crippen molar-refractivity contribution < 1.29 is 14.3 Å². The van der Waals surface area contributed by atoms with Crippen molar-refractivity contribution in [2.45, 2.75) is 44.6 Å². The van der Waals surface area contributed by atoms with Crippen LogP contribution >= 0.6 is 0 Å². The molecule has 2 fully saturated rings. The van der Waals surface area contributed by atoms with Crippen LogP contribution in [0.2, 0.25) is 0 Å². The quantitative estimate of drug-likeness (QED) is 0.698. The third kappa shape index (κ3) is 5.57. The fourth-order valence-electron chi connectivity index (χ4n) is 3.41. The number of likely N-dealkylation sites (tertiary alicyclic amines) is 2. The number of nitrogens with zero attached hydrogens (tertiary/aromatic N) is 2. The van der Waals surface area contributed by atoms with Crippen molar-refractivity contribution in [2.24, 2.45) is 0 Å². The predicted octanol–water partition coefficient (Wildman–Crippen LogP) is 0.616. The van der Waals surface area contributed by atoms with Gasteiger partial charge in [-0.1, -0.05) is 6.42 Å². The first kappa shape index (κ1) is 17.2. The van der Waals surface area contributed by atoms with Gasteiger partial charge >= 0.3 is 5.97 Å². The van der Waals surface area contributed by atoms with Crippen LogP contribution in [-0.2, 0) is 14.3 Å². The molecule has 22 heavy (non-hydrogen) atoms. The molecular weight excluding hydrogens is 282 g/mol. The Balaban J connectivity index is 1.67. The second-order valence-electron chi connectivity index (χ2n) is 6.30. The smallest absolute Gasteiger partial charge is 0.325 e. The standard InChI is InChI=1S/C16H29N3O3/c1-22-16(21)12-17-15(20)7-11-19-10-5-6-14(19)13-18-8-3-2-4-9-18/h14H,2-13H2,1H3,(H,17,20). The highest BCUT2D eigenvalue weighted by molar-refractivity contribution is 5.81. The molecule has 2 saturated heterocycles. The van der Waals surface area contributed by atoms with E-state index in [1.807, 2.05) is 0 Å². The average molecular weight is 311 g/mol.